The van der Waals surface area contributed by atoms with E-state index in [-0.39, 0.29) is 0 Å². The first-order valence-corrected chi connectivity index (χ1v) is 24.1. The highest BCUT2D eigenvalue weighted by Crippen LogP contribution is 2.50. The van der Waals surface area contributed by atoms with Crippen molar-refractivity contribution >= 4 is 80.9 Å². The third kappa shape index (κ3) is 6.85. The van der Waals surface area contributed by atoms with Gasteiger partial charge in [-0.05, 0) is 119 Å². The Morgan fingerprint density at radius 2 is 0.765 bits per heavy atom. The van der Waals surface area contributed by atoms with E-state index in [4.69, 9.17) is 0 Å². The van der Waals surface area contributed by atoms with Crippen LogP contribution in [0.1, 0.15) is 0 Å². The molecular formula is C66H43NS. The molecule has 1 nitrogen and oxygen atoms in total. The highest BCUT2D eigenvalue weighted by molar-refractivity contribution is 7.26. The first-order valence-electron chi connectivity index (χ1n) is 23.3. The van der Waals surface area contributed by atoms with Gasteiger partial charge in [0.2, 0.25) is 0 Å². The van der Waals surface area contributed by atoms with Crippen molar-refractivity contribution in [2.75, 3.05) is 4.90 Å². The third-order valence-electron chi connectivity index (χ3n) is 13.7. The van der Waals surface area contributed by atoms with Gasteiger partial charge in [-0.25, -0.2) is 0 Å². The lowest BCUT2D eigenvalue weighted by molar-refractivity contribution is 1.32. The summed E-state index contributed by atoms with van der Waals surface area (Å²) in [6, 6.07) is 95.7. The number of anilines is 3. The Hall–Kier alpha value is -8.56. The lowest BCUT2D eigenvalue weighted by Gasteiger charge is -2.28. The molecule has 68 heavy (non-hydrogen) atoms. The maximum absolute atomic E-state index is 2.50. The first kappa shape index (κ1) is 39.8. The van der Waals surface area contributed by atoms with Gasteiger partial charge in [-0.3, -0.25) is 0 Å². The van der Waals surface area contributed by atoms with Gasteiger partial charge in [0, 0.05) is 26.5 Å². The van der Waals surface area contributed by atoms with Gasteiger partial charge in [0.1, 0.15) is 0 Å². The summed E-state index contributed by atoms with van der Waals surface area (Å²) in [6.07, 6.45) is 0. The second-order valence-electron chi connectivity index (χ2n) is 17.6. The van der Waals surface area contributed by atoms with Crippen LogP contribution in [0.2, 0.25) is 0 Å². The molecule has 13 aromatic rings. The molecule has 13 rings (SSSR count). The number of hydrogen-bond donors (Lipinski definition) is 0. The zero-order chi connectivity index (χ0) is 45.0. The molecule has 0 saturated heterocycles. The van der Waals surface area contributed by atoms with Gasteiger partial charge in [-0.1, -0.05) is 224 Å². The standard InChI is InChI=1S/C66H43NS/c1-3-15-44(16-4-1)46-35-37-53(38-36-46)67(61-41-39-54(58-23-9-10-24-59(58)61)52-34-29-45-17-7-8-20-51(45)43-52)62-42-40-57(65-60-25-11-12-28-63(60)68-66(62)65)49-32-30-48(31-33-49)56-27-14-22-50-21-13-26-55(64(50)56)47-18-5-2-6-19-47/h1-43H. The molecule has 0 aliphatic carbocycles. The number of fused-ring (bicyclic) bond motifs is 6. The van der Waals surface area contributed by atoms with Crippen LogP contribution in [-0.2, 0) is 0 Å². The van der Waals surface area contributed by atoms with E-state index >= 15 is 0 Å². The second kappa shape index (κ2) is 16.7. The van der Waals surface area contributed by atoms with Gasteiger partial charge in [0.05, 0.1) is 16.1 Å². The van der Waals surface area contributed by atoms with E-state index in [0.29, 0.717) is 0 Å². The topological polar surface area (TPSA) is 3.24 Å². The molecule has 0 N–H and O–H groups in total. The molecule has 0 unspecified atom stereocenters. The van der Waals surface area contributed by atoms with Crippen LogP contribution >= 0.6 is 11.3 Å². The lowest BCUT2D eigenvalue weighted by Crippen LogP contribution is -2.11. The van der Waals surface area contributed by atoms with Crippen molar-refractivity contribution in [1.82, 2.24) is 0 Å². The van der Waals surface area contributed by atoms with Crippen LogP contribution in [0.25, 0.3) is 108 Å². The summed E-state index contributed by atoms with van der Waals surface area (Å²) in [4.78, 5) is 2.50. The number of hydrogen-bond acceptors (Lipinski definition) is 2. The molecule has 0 aliphatic heterocycles. The predicted octanol–water partition coefficient (Wildman–Crippen LogP) is 19.3. The van der Waals surface area contributed by atoms with E-state index in [9.17, 15) is 0 Å². The van der Waals surface area contributed by atoms with Crippen molar-refractivity contribution in [3.8, 4) is 55.6 Å². The van der Waals surface area contributed by atoms with Gasteiger partial charge in [-0.15, -0.1) is 11.3 Å². The molecule has 0 radical (unpaired) electrons. The molecule has 1 aromatic heterocycles. The average molecular weight is 882 g/mol. The minimum Gasteiger partial charge on any atom is -0.308 e. The van der Waals surface area contributed by atoms with Crippen LogP contribution < -0.4 is 4.90 Å². The number of benzene rings is 12. The van der Waals surface area contributed by atoms with Crippen LogP contribution in [0.3, 0.4) is 0 Å². The molecule has 0 amide bonds. The van der Waals surface area contributed by atoms with E-state index in [1.165, 1.54) is 108 Å². The highest BCUT2D eigenvalue weighted by Gasteiger charge is 2.23. The zero-order valence-corrected chi connectivity index (χ0v) is 38.0. The van der Waals surface area contributed by atoms with Crippen molar-refractivity contribution in [2.24, 2.45) is 0 Å². The Balaban J connectivity index is 0.989. The van der Waals surface area contributed by atoms with Crippen LogP contribution in [0.4, 0.5) is 17.1 Å². The summed E-state index contributed by atoms with van der Waals surface area (Å²) in [5, 5.41) is 9.97. The molecule has 2 heteroatoms. The fourth-order valence-electron chi connectivity index (χ4n) is 10.4. The summed E-state index contributed by atoms with van der Waals surface area (Å²) in [6.45, 7) is 0. The number of nitrogens with zero attached hydrogens (tertiary/aromatic N) is 1. The fourth-order valence-corrected chi connectivity index (χ4v) is 11.7. The van der Waals surface area contributed by atoms with Gasteiger partial charge < -0.3 is 4.90 Å². The average Bonchev–Trinajstić information content (AvgIpc) is 3.81. The van der Waals surface area contributed by atoms with Crippen molar-refractivity contribution in [3.05, 3.63) is 261 Å². The van der Waals surface area contributed by atoms with Crippen molar-refractivity contribution in [3.63, 3.8) is 0 Å². The normalized spacial score (nSPS) is 11.5. The van der Waals surface area contributed by atoms with Gasteiger partial charge in [-0.2, -0.15) is 0 Å². The maximum Gasteiger partial charge on any atom is 0.0641 e. The van der Waals surface area contributed by atoms with Crippen LogP contribution in [0.5, 0.6) is 0 Å². The Kier molecular flexibility index (Phi) is 9.77. The van der Waals surface area contributed by atoms with Crippen molar-refractivity contribution < 1.29 is 0 Å². The van der Waals surface area contributed by atoms with Crippen molar-refractivity contribution in [2.45, 2.75) is 0 Å². The maximum atomic E-state index is 2.50. The molecule has 0 bridgehead atoms. The zero-order valence-electron chi connectivity index (χ0n) is 37.2. The van der Waals surface area contributed by atoms with E-state index < -0.39 is 0 Å². The molecule has 318 valence electrons. The molecule has 1 heterocycles. The highest BCUT2D eigenvalue weighted by atomic mass is 32.1. The van der Waals surface area contributed by atoms with Gasteiger partial charge in [0.25, 0.3) is 0 Å². The Morgan fingerprint density at radius 3 is 1.49 bits per heavy atom. The number of thiophene rings is 1. The summed E-state index contributed by atoms with van der Waals surface area (Å²) in [7, 11) is 0. The Labute approximate surface area is 400 Å². The van der Waals surface area contributed by atoms with Crippen molar-refractivity contribution in [1.29, 1.82) is 0 Å². The van der Waals surface area contributed by atoms with Crippen LogP contribution in [0.15, 0.2) is 261 Å². The molecule has 12 aromatic carbocycles. The Morgan fingerprint density at radius 1 is 0.265 bits per heavy atom. The minimum atomic E-state index is 1.11. The molecule has 0 saturated carbocycles. The first-order chi connectivity index (χ1) is 33.7. The van der Waals surface area contributed by atoms with E-state index in [1.54, 1.807) is 0 Å². The van der Waals surface area contributed by atoms with E-state index in [1.807, 2.05) is 11.3 Å². The van der Waals surface area contributed by atoms with E-state index in [0.717, 1.165) is 17.1 Å². The number of rotatable bonds is 8. The quantitative estimate of drug-likeness (QED) is 0.147. The summed E-state index contributed by atoms with van der Waals surface area (Å²) >= 11 is 1.88. The van der Waals surface area contributed by atoms with Gasteiger partial charge in [0.15, 0.2) is 0 Å². The summed E-state index contributed by atoms with van der Waals surface area (Å²) in [5.41, 5.74) is 15.6. The van der Waals surface area contributed by atoms with E-state index in [2.05, 4.69) is 266 Å². The largest absolute Gasteiger partial charge is 0.308 e. The predicted molar refractivity (Wildman–Crippen MR) is 294 cm³/mol. The van der Waals surface area contributed by atoms with Crippen LogP contribution in [0, 0.1) is 0 Å². The summed E-state index contributed by atoms with van der Waals surface area (Å²) in [5.74, 6) is 0. The lowest BCUT2D eigenvalue weighted by atomic mass is 9.90. The fraction of sp³-hybridized carbons (Fsp3) is 0. The second-order valence-corrected chi connectivity index (χ2v) is 18.6. The minimum absolute atomic E-state index is 1.11. The van der Waals surface area contributed by atoms with Crippen LogP contribution in [-0.4, -0.2) is 0 Å². The van der Waals surface area contributed by atoms with Gasteiger partial charge >= 0.3 is 0 Å². The third-order valence-corrected chi connectivity index (χ3v) is 14.9. The SMILES string of the molecule is c1ccc(-c2ccc(N(c3ccc(-c4ccc5ccccc5c4)c4ccccc34)c3ccc(-c4ccc(-c5cccc6cccc(-c7ccccc7)c56)cc4)c4c3sc3ccccc34)cc2)cc1. The molecular weight excluding hydrogens is 839 g/mol. The molecule has 0 fully saturated rings. The molecule has 0 aliphatic rings. The molecule has 0 atom stereocenters. The Bertz CT molecular complexity index is 3990. The monoisotopic (exact) mass is 881 g/mol. The summed E-state index contributed by atoms with van der Waals surface area (Å²) < 4.78 is 2.53. The molecule has 0 spiro atoms. The smallest absolute Gasteiger partial charge is 0.0641 e.